The molecule has 0 radical (unpaired) electrons. The number of carbonyl (C=O) groups is 2. The second-order valence-electron chi connectivity index (χ2n) is 3.31. The van der Waals surface area contributed by atoms with Gasteiger partial charge in [-0.25, -0.2) is 0 Å². The molecule has 0 saturated carbocycles. The number of carbonyl (C=O) groups excluding carboxylic acids is 2. The van der Waals surface area contributed by atoms with Gasteiger partial charge in [-0.05, 0) is 29.3 Å². The average molecular weight is 250 g/mol. The van der Waals surface area contributed by atoms with E-state index in [0.717, 1.165) is 4.88 Å². The van der Waals surface area contributed by atoms with E-state index in [1.54, 1.807) is 28.8 Å². The number of Topliss-reactive ketones (excluding diaryl/α,β-unsaturated/α-hetero) is 2. The largest absolute Gasteiger partial charge is 0.290 e. The van der Waals surface area contributed by atoms with E-state index in [1.165, 1.54) is 11.3 Å². The number of ketones is 2. The van der Waals surface area contributed by atoms with Gasteiger partial charge in [-0.1, -0.05) is 12.1 Å². The van der Waals surface area contributed by atoms with Gasteiger partial charge in [0.2, 0.25) is 11.6 Å². The van der Waals surface area contributed by atoms with Gasteiger partial charge >= 0.3 is 0 Å². The van der Waals surface area contributed by atoms with Gasteiger partial charge in [0.1, 0.15) is 0 Å². The van der Waals surface area contributed by atoms with Crippen molar-refractivity contribution >= 4 is 34.2 Å². The van der Waals surface area contributed by atoms with E-state index in [1.807, 2.05) is 17.5 Å². The first-order valence-corrected chi connectivity index (χ1v) is 6.66. The summed E-state index contributed by atoms with van der Waals surface area (Å²) in [5.74, 6) is -0.651. The number of hydrogen-bond acceptors (Lipinski definition) is 4. The molecule has 0 aliphatic rings. The summed E-state index contributed by atoms with van der Waals surface area (Å²) >= 11 is 2.93. The zero-order valence-corrected chi connectivity index (χ0v) is 10.1. The summed E-state index contributed by atoms with van der Waals surface area (Å²) in [6, 6.07) is 7.40. The molecule has 0 spiro atoms. The third-order valence-electron chi connectivity index (χ3n) is 2.18. The van der Waals surface area contributed by atoms with Crippen LogP contribution in [0.3, 0.4) is 0 Å². The van der Waals surface area contributed by atoms with E-state index < -0.39 is 0 Å². The highest BCUT2D eigenvalue weighted by molar-refractivity contribution is 7.13. The minimum atomic E-state index is -0.355. The predicted molar refractivity (Wildman–Crippen MR) is 66.3 cm³/mol. The van der Waals surface area contributed by atoms with Gasteiger partial charge in [0.25, 0.3) is 0 Å². The molecule has 0 bridgehead atoms. The van der Waals surface area contributed by atoms with E-state index in [4.69, 9.17) is 0 Å². The van der Waals surface area contributed by atoms with Gasteiger partial charge < -0.3 is 0 Å². The molecule has 2 aromatic rings. The van der Waals surface area contributed by atoms with Gasteiger partial charge in [0, 0.05) is 11.3 Å². The van der Waals surface area contributed by atoms with Crippen LogP contribution in [0.25, 0.3) is 0 Å². The number of thiophene rings is 2. The van der Waals surface area contributed by atoms with E-state index >= 15 is 0 Å². The maximum Gasteiger partial charge on any atom is 0.238 e. The fraction of sp³-hybridized carbons (Fsp3) is 0.167. The highest BCUT2D eigenvalue weighted by Gasteiger charge is 2.16. The topological polar surface area (TPSA) is 34.1 Å². The Kier molecular flexibility index (Phi) is 3.64. The number of hydrogen-bond donors (Lipinski definition) is 0. The van der Waals surface area contributed by atoms with Gasteiger partial charge in [-0.2, -0.15) is 0 Å². The third-order valence-corrected chi connectivity index (χ3v) is 3.98. The molecule has 2 aromatic heterocycles. The molecule has 0 aromatic carbocycles. The maximum absolute atomic E-state index is 11.6. The summed E-state index contributed by atoms with van der Waals surface area (Å²) in [6.07, 6.45) is 0.963. The van der Waals surface area contributed by atoms with Gasteiger partial charge in [0.05, 0.1) is 4.88 Å². The Morgan fingerprint density at radius 3 is 2.44 bits per heavy atom. The molecule has 0 aliphatic heterocycles. The Balaban J connectivity index is 1.91. The molecule has 0 atom stereocenters. The van der Waals surface area contributed by atoms with E-state index in [0.29, 0.717) is 17.7 Å². The monoisotopic (exact) mass is 250 g/mol. The standard InChI is InChI=1S/C12H10O2S2/c13-10(6-5-9-3-1-7-15-9)12(14)11-4-2-8-16-11/h1-4,7-8H,5-6H2. The minimum absolute atomic E-state index is 0.296. The maximum atomic E-state index is 11.6. The lowest BCUT2D eigenvalue weighted by Gasteiger charge is -1.96. The first-order valence-electron chi connectivity index (χ1n) is 4.91. The molecule has 0 fully saturated rings. The third kappa shape index (κ3) is 2.65. The van der Waals surface area contributed by atoms with Crippen molar-refractivity contribution in [2.24, 2.45) is 0 Å². The molecule has 0 amide bonds. The van der Waals surface area contributed by atoms with Crippen LogP contribution >= 0.6 is 22.7 Å². The number of aryl methyl sites for hydroxylation is 1. The van der Waals surface area contributed by atoms with Crippen molar-refractivity contribution < 1.29 is 9.59 Å². The molecular weight excluding hydrogens is 240 g/mol. The lowest BCUT2D eigenvalue weighted by atomic mass is 10.1. The van der Waals surface area contributed by atoms with E-state index in [2.05, 4.69) is 0 Å². The van der Waals surface area contributed by atoms with Gasteiger partial charge in [0.15, 0.2) is 0 Å². The van der Waals surface area contributed by atoms with Crippen molar-refractivity contribution in [3.05, 3.63) is 44.8 Å². The van der Waals surface area contributed by atoms with Crippen LogP contribution in [0.2, 0.25) is 0 Å². The summed E-state index contributed by atoms with van der Waals surface area (Å²) in [5, 5.41) is 3.78. The summed E-state index contributed by atoms with van der Waals surface area (Å²) < 4.78 is 0. The average Bonchev–Trinajstić information content (AvgIpc) is 2.96. The van der Waals surface area contributed by atoms with Crippen LogP contribution in [0, 0.1) is 0 Å². The van der Waals surface area contributed by atoms with Crippen LogP contribution in [-0.2, 0) is 11.2 Å². The summed E-state index contributed by atoms with van der Waals surface area (Å²) in [4.78, 5) is 24.9. The molecule has 2 heterocycles. The van der Waals surface area contributed by atoms with Crippen LogP contribution in [0.5, 0.6) is 0 Å². The minimum Gasteiger partial charge on any atom is -0.290 e. The van der Waals surface area contributed by atoms with Crippen molar-refractivity contribution in [3.8, 4) is 0 Å². The fourth-order valence-electron chi connectivity index (χ4n) is 1.35. The van der Waals surface area contributed by atoms with Crippen molar-refractivity contribution in [2.45, 2.75) is 12.8 Å². The van der Waals surface area contributed by atoms with Crippen molar-refractivity contribution in [1.29, 1.82) is 0 Å². The normalized spacial score (nSPS) is 10.2. The Hall–Kier alpha value is -1.26. The molecule has 82 valence electrons. The highest BCUT2D eigenvalue weighted by Crippen LogP contribution is 2.14. The molecule has 16 heavy (non-hydrogen) atoms. The van der Waals surface area contributed by atoms with E-state index in [9.17, 15) is 9.59 Å². The summed E-state index contributed by atoms with van der Waals surface area (Å²) in [5.41, 5.74) is 0. The van der Waals surface area contributed by atoms with Crippen molar-refractivity contribution in [3.63, 3.8) is 0 Å². The van der Waals surface area contributed by atoms with Gasteiger partial charge in [-0.15, -0.1) is 22.7 Å². The molecule has 0 unspecified atom stereocenters. The first-order chi connectivity index (χ1) is 7.77. The lowest BCUT2D eigenvalue weighted by Crippen LogP contribution is -2.13. The molecular formula is C12H10O2S2. The smallest absolute Gasteiger partial charge is 0.238 e. The van der Waals surface area contributed by atoms with Crippen LogP contribution in [0.1, 0.15) is 21.0 Å². The molecule has 0 saturated heterocycles. The Morgan fingerprint density at radius 1 is 1.06 bits per heavy atom. The highest BCUT2D eigenvalue weighted by atomic mass is 32.1. The molecule has 2 nitrogen and oxygen atoms in total. The zero-order chi connectivity index (χ0) is 11.4. The molecule has 2 rings (SSSR count). The quantitative estimate of drug-likeness (QED) is 0.603. The molecule has 0 N–H and O–H groups in total. The Labute approximate surface area is 102 Å². The second kappa shape index (κ2) is 5.18. The summed E-state index contributed by atoms with van der Waals surface area (Å²) in [7, 11) is 0. The lowest BCUT2D eigenvalue weighted by molar-refractivity contribution is -0.115. The number of rotatable bonds is 5. The predicted octanol–water partition coefficient (Wildman–Crippen LogP) is 3.19. The first kappa shape index (κ1) is 11.2. The Morgan fingerprint density at radius 2 is 1.81 bits per heavy atom. The Bertz CT molecular complexity index is 469. The van der Waals surface area contributed by atoms with Crippen LogP contribution in [0.4, 0.5) is 0 Å². The molecule has 4 heteroatoms. The SMILES string of the molecule is O=C(CCc1cccs1)C(=O)c1cccs1. The van der Waals surface area contributed by atoms with Crippen LogP contribution in [-0.4, -0.2) is 11.6 Å². The summed E-state index contributed by atoms with van der Waals surface area (Å²) in [6.45, 7) is 0. The van der Waals surface area contributed by atoms with Crippen molar-refractivity contribution in [1.82, 2.24) is 0 Å². The zero-order valence-electron chi connectivity index (χ0n) is 8.51. The second-order valence-corrected chi connectivity index (χ2v) is 5.29. The fourth-order valence-corrected chi connectivity index (χ4v) is 2.74. The van der Waals surface area contributed by atoms with E-state index in [-0.39, 0.29) is 11.6 Å². The van der Waals surface area contributed by atoms with Crippen molar-refractivity contribution in [2.75, 3.05) is 0 Å². The molecule has 0 aliphatic carbocycles. The van der Waals surface area contributed by atoms with Gasteiger partial charge in [-0.3, -0.25) is 9.59 Å². The van der Waals surface area contributed by atoms with Crippen LogP contribution < -0.4 is 0 Å². The van der Waals surface area contributed by atoms with Crippen LogP contribution in [0.15, 0.2) is 35.0 Å².